The first-order chi connectivity index (χ1) is 8.34. The summed E-state index contributed by atoms with van der Waals surface area (Å²) in [5.74, 6) is -7.68. The molecule has 0 unspecified atom stereocenters. The minimum Gasteiger partial charge on any atom is -0.479 e. The molecule has 98 valence electrons. The Labute approximate surface area is 98.8 Å². The van der Waals surface area contributed by atoms with Crippen molar-refractivity contribution in [3.63, 3.8) is 0 Å². The van der Waals surface area contributed by atoms with Crippen LogP contribution in [0, 0.1) is 17.5 Å². The predicted octanol–water partition coefficient (Wildman–Crippen LogP) is 0.279. The highest BCUT2D eigenvalue weighted by Crippen LogP contribution is 2.14. The monoisotopic (exact) mass is 263 g/mol. The highest BCUT2D eigenvalue weighted by atomic mass is 19.2. The molecule has 0 saturated heterocycles. The van der Waals surface area contributed by atoms with Crippen LogP contribution in [0.5, 0.6) is 0 Å². The van der Waals surface area contributed by atoms with E-state index < -0.39 is 47.5 Å². The third-order valence-electron chi connectivity index (χ3n) is 2.02. The number of rotatable bonds is 4. The molecule has 1 rings (SSSR count). The van der Waals surface area contributed by atoms with Crippen LogP contribution < -0.4 is 5.32 Å². The van der Waals surface area contributed by atoms with Gasteiger partial charge in [0.15, 0.2) is 23.6 Å². The molecular formula is C10H8F3NO4. The number of aliphatic hydroxyl groups excluding tert-OH is 1. The van der Waals surface area contributed by atoms with E-state index in [1.165, 1.54) is 0 Å². The maximum atomic E-state index is 13.1. The standard InChI is InChI=1S/C10H8F3NO4/c11-5-2-1-4(7(12)8(5)13)9(16)14-3-6(15)10(17)18/h1-2,6,15H,3H2,(H,14,16)(H,17,18)/t6-/m0/s1. The molecule has 1 atom stereocenters. The normalized spacial score (nSPS) is 12.0. The van der Waals surface area contributed by atoms with E-state index >= 15 is 0 Å². The molecule has 0 bridgehead atoms. The Hall–Kier alpha value is -2.09. The van der Waals surface area contributed by atoms with Crippen molar-refractivity contribution in [2.75, 3.05) is 6.54 Å². The zero-order chi connectivity index (χ0) is 13.9. The smallest absolute Gasteiger partial charge is 0.334 e. The fraction of sp³-hybridized carbons (Fsp3) is 0.200. The number of carboxylic acid groups (broad SMARTS) is 1. The van der Waals surface area contributed by atoms with Gasteiger partial charge in [0.05, 0.1) is 12.1 Å². The van der Waals surface area contributed by atoms with Gasteiger partial charge in [-0.15, -0.1) is 0 Å². The van der Waals surface area contributed by atoms with E-state index in [-0.39, 0.29) is 0 Å². The van der Waals surface area contributed by atoms with Crippen molar-refractivity contribution in [3.8, 4) is 0 Å². The number of amides is 1. The Kier molecular flexibility index (Phi) is 4.27. The molecule has 1 aromatic carbocycles. The average molecular weight is 263 g/mol. The minimum atomic E-state index is -1.87. The van der Waals surface area contributed by atoms with E-state index in [0.717, 1.165) is 0 Å². The maximum Gasteiger partial charge on any atom is 0.334 e. The highest BCUT2D eigenvalue weighted by Gasteiger charge is 2.20. The number of carbonyl (C=O) groups is 2. The maximum absolute atomic E-state index is 13.1. The van der Waals surface area contributed by atoms with E-state index in [2.05, 4.69) is 0 Å². The Morgan fingerprint density at radius 3 is 2.39 bits per heavy atom. The first-order valence-corrected chi connectivity index (χ1v) is 4.67. The lowest BCUT2D eigenvalue weighted by Crippen LogP contribution is -2.36. The van der Waals surface area contributed by atoms with Crippen LogP contribution in [0.25, 0.3) is 0 Å². The summed E-state index contributed by atoms with van der Waals surface area (Å²) in [5, 5.41) is 19.0. The largest absolute Gasteiger partial charge is 0.479 e. The predicted molar refractivity (Wildman–Crippen MR) is 52.3 cm³/mol. The molecule has 8 heteroatoms. The molecule has 0 heterocycles. The van der Waals surface area contributed by atoms with Gasteiger partial charge in [0, 0.05) is 0 Å². The Balaban J connectivity index is 2.80. The lowest BCUT2D eigenvalue weighted by Gasteiger charge is -2.08. The SMILES string of the molecule is O=C(NC[C@H](O)C(=O)O)c1ccc(F)c(F)c1F. The average Bonchev–Trinajstić information content (AvgIpc) is 2.32. The van der Waals surface area contributed by atoms with Crippen LogP contribution in [0.4, 0.5) is 13.2 Å². The van der Waals surface area contributed by atoms with E-state index in [9.17, 15) is 22.8 Å². The first kappa shape index (κ1) is 14.0. The van der Waals surface area contributed by atoms with E-state index in [4.69, 9.17) is 10.2 Å². The zero-order valence-electron chi connectivity index (χ0n) is 8.78. The molecule has 5 nitrogen and oxygen atoms in total. The van der Waals surface area contributed by atoms with Crippen molar-refractivity contribution < 1.29 is 33.0 Å². The van der Waals surface area contributed by atoms with Crippen LogP contribution in [0.3, 0.4) is 0 Å². The summed E-state index contributed by atoms with van der Waals surface area (Å²) in [6.45, 7) is -0.688. The van der Waals surface area contributed by atoms with Crippen LogP contribution in [0.15, 0.2) is 12.1 Å². The van der Waals surface area contributed by atoms with Gasteiger partial charge in [-0.25, -0.2) is 18.0 Å². The van der Waals surface area contributed by atoms with Gasteiger partial charge < -0.3 is 15.5 Å². The number of benzene rings is 1. The van der Waals surface area contributed by atoms with E-state index in [1.807, 2.05) is 5.32 Å². The van der Waals surface area contributed by atoms with Crippen LogP contribution in [-0.2, 0) is 4.79 Å². The number of carbonyl (C=O) groups excluding carboxylic acids is 1. The molecule has 0 aliphatic rings. The van der Waals surface area contributed by atoms with Crippen molar-refractivity contribution in [3.05, 3.63) is 35.1 Å². The molecule has 18 heavy (non-hydrogen) atoms. The van der Waals surface area contributed by atoms with Gasteiger partial charge in [0.2, 0.25) is 0 Å². The summed E-state index contributed by atoms with van der Waals surface area (Å²) in [6.07, 6.45) is -1.87. The fourth-order valence-corrected chi connectivity index (χ4v) is 1.07. The Bertz CT molecular complexity index is 492. The Morgan fingerprint density at radius 1 is 1.22 bits per heavy atom. The van der Waals surface area contributed by atoms with Gasteiger partial charge in [0.1, 0.15) is 0 Å². The summed E-state index contributed by atoms with van der Waals surface area (Å²) in [7, 11) is 0. The molecule has 0 radical (unpaired) electrons. The van der Waals surface area contributed by atoms with E-state index in [1.54, 1.807) is 0 Å². The summed E-state index contributed by atoms with van der Waals surface area (Å²) in [4.78, 5) is 21.5. The van der Waals surface area contributed by atoms with Gasteiger partial charge in [-0.05, 0) is 12.1 Å². The fourth-order valence-electron chi connectivity index (χ4n) is 1.07. The molecule has 0 aliphatic carbocycles. The number of aliphatic carboxylic acids is 1. The van der Waals surface area contributed by atoms with Crippen molar-refractivity contribution in [2.45, 2.75) is 6.10 Å². The Morgan fingerprint density at radius 2 is 1.83 bits per heavy atom. The topological polar surface area (TPSA) is 86.6 Å². The second-order valence-electron chi connectivity index (χ2n) is 3.29. The number of hydrogen-bond donors (Lipinski definition) is 3. The second kappa shape index (κ2) is 5.50. The summed E-state index contributed by atoms with van der Waals surface area (Å²) in [6, 6.07) is 1.26. The van der Waals surface area contributed by atoms with Crippen LogP contribution in [0.1, 0.15) is 10.4 Å². The molecule has 1 aromatic rings. The molecular weight excluding hydrogens is 255 g/mol. The van der Waals surface area contributed by atoms with Gasteiger partial charge in [-0.2, -0.15) is 0 Å². The molecule has 0 fully saturated rings. The molecule has 3 N–H and O–H groups in total. The van der Waals surface area contributed by atoms with Gasteiger partial charge in [-0.1, -0.05) is 0 Å². The van der Waals surface area contributed by atoms with Crippen LogP contribution in [-0.4, -0.2) is 34.7 Å². The number of halogens is 3. The van der Waals surface area contributed by atoms with Crippen LogP contribution >= 0.6 is 0 Å². The molecule has 0 spiro atoms. The van der Waals surface area contributed by atoms with Gasteiger partial charge in [-0.3, -0.25) is 4.79 Å². The van der Waals surface area contributed by atoms with Crippen molar-refractivity contribution in [2.24, 2.45) is 0 Å². The van der Waals surface area contributed by atoms with Crippen molar-refractivity contribution >= 4 is 11.9 Å². The third-order valence-corrected chi connectivity index (χ3v) is 2.02. The zero-order valence-corrected chi connectivity index (χ0v) is 8.78. The summed E-state index contributed by atoms with van der Waals surface area (Å²) in [5.41, 5.74) is -0.786. The molecule has 0 aliphatic heterocycles. The third kappa shape index (κ3) is 2.98. The second-order valence-corrected chi connectivity index (χ2v) is 3.29. The number of carboxylic acids is 1. The number of aliphatic hydroxyl groups is 1. The first-order valence-electron chi connectivity index (χ1n) is 4.67. The van der Waals surface area contributed by atoms with Crippen molar-refractivity contribution in [1.29, 1.82) is 0 Å². The number of nitrogens with one attached hydrogen (secondary N) is 1. The lowest BCUT2D eigenvalue weighted by atomic mass is 10.2. The van der Waals surface area contributed by atoms with Crippen LogP contribution in [0.2, 0.25) is 0 Å². The highest BCUT2D eigenvalue weighted by molar-refractivity contribution is 5.94. The minimum absolute atomic E-state index is 0.556. The lowest BCUT2D eigenvalue weighted by molar-refractivity contribution is -0.146. The van der Waals surface area contributed by atoms with Gasteiger partial charge >= 0.3 is 5.97 Å². The van der Waals surface area contributed by atoms with Gasteiger partial charge in [0.25, 0.3) is 5.91 Å². The molecule has 1 amide bonds. The summed E-state index contributed by atoms with van der Waals surface area (Å²) >= 11 is 0. The number of hydrogen-bond acceptors (Lipinski definition) is 3. The molecule has 0 saturated carbocycles. The van der Waals surface area contributed by atoms with Crippen molar-refractivity contribution in [1.82, 2.24) is 5.32 Å². The van der Waals surface area contributed by atoms with E-state index in [0.29, 0.717) is 12.1 Å². The summed E-state index contributed by atoms with van der Waals surface area (Å²) < 4.78 is 38.5. The molecule has 0 aromatic heterocycles. The quantitative estimate of drug-likeness (QED) is 0.681.